The van der Waals surface area contributed by atoms with E-state index in [9.17, 15) is 14.9 Å². The summed E-state index contributed by atoms with van der Waals surface area (Å²) in [5, 5.41) is 12.4. The summed E-state index contributed by atoms with van der Waals surface area (Å²) in [5.41, 5.74) is 0.502. The minimum Gasteiger partial charge on any atom is -0.293 e. The lowest BCUT2D eigenvalue weighted by atomic mass is 10.1. The molecule has 0 radical (unpaired) electrons. The summed E-state index contributed by atoms with van der Waals surface area (Å²) >= 11 is 3.06. The van der Waals surface area contributed by atoms with E-state index < -0.39 is 4.92 Å². The average Bonchev–Trinajstić information content (AvgIpc) is 2.89. The second-order valence-corrected chi connectivity index (χ2v) is 5.67. The number of ketones is 1. The first-order valence-electron chi connectivity index (χ1n) is 5.11. The van der Waals surface area contributed by atoms with E-state index in [1.807, 2.05) is 17.5 Å². The molecule has 0 fully saturated rings. The highest BCUT2D eigenvalue weighted by atomic mass is 32.2. The van der Waals surface area contributed by atoms with E-state index in [1.54, 1.807) is 11.3 Å². The third-order valence-electron chi connectivity index (χ3n) is 2.24. The Morgan fingerprint density at radius 1 is 1.28 bits per heavy atom. The molecule has 0 saturated heterocycles. The van der Waals surface area contributed by atoms with Gasteiger partial charge in [-0.05, 0) is 23.6 Å². The van der Waals surface area contributed by atoms with Crippen molar-refractivity contribution in [2.45, 2.75) is 4.21 Å². The Kier molecular flexibility index (Phi) is 4.11. The van der Waals surface area contributed by atoms with Gasteiger partial charge in [-0.25, -0.2) is 0 Å². The molecular formula is C12H9NO3S2. The molecule has 0 unspecified atom stereocenters. The van der Waals surface area contributed by atoms with Crippen molar-refractivity contribution < 1.29 is 9.72 Å². The summed E-state index contributed by atoms with van der Waals surface area (Å²) in [6, 6.07) is 9.58. The Labute approximate surface area is 112 Å². The molecule has 0 atom stereocenters. The molecule has 0 N–H and O–H groups in total. The minimum absolute atomic E-state index is 0.00235. The molecule has 0 aliphatic heterocycles. The Morgan fingerprint density at radius 2 is 2.00 bits per heavy atom. The molecule has 4 nitrogen and oxygen atoms in total. The zero-order valence-corrected chi connectivity index (χ0v) is 10.9. The summed E-state index contributed by atoms with van der Waals surface area (Å²) in [5.74, 6) is 0.321. The van der Waals surface area contributed by atoms with Crippen LogP contribution in [0.5, 0.6) is 0 Å². The van der Waals surface area contributed by atoms with Crippen molar-refractivity contribution in [3.63, 3.8) is 0 Å². The number of nitrogens with zero attached hydrogens (tertiary/aromatic N) is 1. The lowest BCUT2D eigenvalue weighted by molar-refractivity contribution is -0.384. The van der Waals surface area contributed by atoms with E-state index in [1.165, 1.54) is 36.0 Å². The number of hydrogen-bond acceptors (Lipinski definition) is 5. The normalized spacial score (nSPS) is 10.2. The zero-order valence-electron chi connectivity index (χ0n) is 9.24. The van der Waals surface area contributed by atoms with Crippen molar-refractivity contribution in [2.24, 2.45) is 0 Å². The molecule has 0 aliphatic rings. The minimum atomic E-state index is -0.478. The van der Waals surface area contributed by atoms with Crippen molar-refractivity contribution in [3.05, 3.63) is 57.5 Å². The molecule has 2 rings (SSSR count). The fraction of sp³-hybridized carbons (Fsp3) is 0.0833. The number of rotatable bonds is 5. The van der Waals surface area contributed by atoms with E-state index in [0.717, 1.165) is 4.21 Å². The maximum absolute atomic E-state index is 11.8. The van der Waals surface area contributed by atoms with Crippen LogP contribution in [0.25, 0.3) is 0 Å². The highest BCUT2D eigenvalue weighted by Gasteiger charge is 2.10. The molecule has 0 amide bonds. The molecule has 6 heteroatoms. The van der Waals surface area contributed by atoms with Crippen LogP contribution in [0.4, 0.5) is 5.69 Å². The van der Waals surface area contributed by atoms with E-state index in [-0.39, 0.29) is 11.5 Å². The smallest absolute Gasteiger partial charge is 0.269 e. The van der Waals surface area contributed by atoms with Crippen LogP contribution in [0.1, 0.15) is 10.4 Å². The fourth-order valence-electron chi connectivity index (χ4n) is 1.33. The fourth-order valence-corrected chi connectivity index (χ4v) is 3.01. The quantitative estimate of drug-likeness (QED) is 0.363. The van der Waals surface area contributed by atoms with Gasteiger partial charge in [0.05, 0.1) is 14.9 Å². The first kappa shape index (κ1) is 12.8. The number of nitro groups is 1. The molecule has 92 valence electrons. The van der Waals surface area contributed by atoms with Gasteiger partial charge in [0.2, 0.25) is 0 Å². The predicted octanol–water partition coefficient (Wildman–Crippen LogP) is 3.63. The monoisotopic (exact) mass is 279 g/mol. The second kappa shape index (κ2) is 5.79. The van der Waals surface area contributed by atoms with Gasteiger partial charge in [0.25, 0.3) is 5.69 Å². The Balaban J connectivity index is 1.98. The molecule has 0 bridgehead atoms. The third-order valence-corrected chi connectivity index (χ3v) is 4.37. The van der Waals surface area contributed by atoms with Gasteiger partial charge < -0.3 is 0 Å². The topological polar surface area (TPSA) is 60.2 Å². The van der Waals surface area contributed by atoms with Gasteiger partial charge in [0.1, 0.15) is 0 Å². The van der Waals surface area contributed by atoms with Gasteiger partial charge in [-0.15, -0.1) is 23.1 Å². The number of hydrogen-bond donors (Lipinski definition) is 0. The highest BCUT2D eigenvalue weighted by molar-refractivity contribution is 8.01. The molecule has 18 heavy (non-hydrogen) atoms. The van der Waals surface area contributed by atoms with Gasteiger partial charge in [-0.3, -0.25) is 14.9 Å². The number of nitro benzene ring substituents is 1. The van der Waals surface area contributed by atoms with Crippen LogP contribution in [0, 0.1) is 10.1 Å². The standard InChI is InChI=1S/C12H9NO3S2/c14-11(8-18-12-2-1-7-17-12)9-3-5-10(6-4-9)13(15)16/h1-7H,8H2. The number of thioether (sulfide) groups is 1. The molecule has 0 spiro atoms. The maximum Gasteiger partial charge on any atom is 0.269 e. The Morgan fingerprint density at radius 3 is 2.56 bits per heavy atom. The van der Waals surface area contributed by atoms with Crippen molar-refractivity contribution >= 4 is 34.6 Å². The second-order valence-electron chi connectivity index (χ2n) is 3.45. The van der Waals surface area contributed by atoms with Gasteiger partial charge in [-0.2, -0.15) is 0 Å². The summed E-state index contributed by atoms with van der Waals surface area (Å²) in [4.78, 5) is 21.8. The molecular weight excluding hydrogens is 270 g/mol. The molecule has 2 aromatic rings. The molecule has 0 aliphatic carbocycles. The molecule has 1 aromatic heterocycles. The van der Waals surface area contributed by atoms with Crippen molar-refractivity contribution in [1.82, 2.24) is 0 Å². The summed E-state index contributed by atoms with van der Waals surface area (Å²) in [6.45, 7) is 0. The molecule has 1 aromatic carbocycles. The first-order chi connectivity index (χ1) is 8.66. The first-order valence-corrected chi connectivity index (χ1v) is 6.97. The van der Waals surface area contributed by atoms with Crippen molar-refractivity contribution in [1.29, 1.82) is 0 Å². The largest absolute Gasteiger partial charge is 0.293 e. The number of thiophene rings is 1. The van der Waals surface area contributed by atoms with Crippen LogP contribution in [-0.4, -0.2) is 16.5 Å². The van der Waals surface area contributed by atoms with E-state index in [4.69, 9.17) is 0 Å². The van der Waals surface area contributed by atoms with Crippen molar-refractivity contribution in [3.8, 4) is 0 Å². The van der Waals surface area contributed by atoms with Crippen LogP contribution in [0.15, 0.2) is 46.0 Å². The van der Waals surface area contributed by atoms with Crippen LogP contribution >= 0.6 is 23.1 Å². The Bertz CT molecular complexity index is 549. The lowest BCUT2D eigenvalue weighted by Gasteiger charge is -1.99. The van der Waals surface area contributed by atoms with Gasteiger partial charge >= 0.3 is 0 Å². The molecule has 0 saturated carbocycles. The summed E-state index contributed by atoms with van der Waals surface area (Å²) in [7, 11) is 0. The number of non-ortho nitro benzene ring substituents is 1. The number of benzene rings is 1. The van der Waals surface area contributed by atoms with Crippen LogP contribution < -0.4 is 0 Å². The van der Waals surface area contributed by atoms with Gasteiger partial charge in [-0.1, -0.05) is 6.07 Å². The van der Waals surface area contributed by atoms with Gasteiger partial charge in [0, 0.05) is 17.7 Å². The van der Waals surface area contributed by atoms with Gasteiger partial charge in [0.15, 0.2) is 5.78 Å². The van der Waals surface area contributed by atoms with Crippen molar-refractivity contribution in [2.75, 3.05) is 5.75 Å². The van der Waals surface area contributed by atoms with Crippen LogP contribution in [0.2, 0.25) is 0 Å². The highest BCUT2D eigenvalue weighted by Crippen LogP contribution is 2.24. The van der Waals surface area contributed by atoms with Crippen LogP contribution in [-0.2, 0) is 0 Å². The number of Topliss-reactive ketones (excluding diaryl/α,β-unsaturated/α-hetero) is 1. The van der Waals surface area contributed by atoms with E-state index >= 15 is 0 Å². The lowest BCUT2D eigenvalue weighted by Crippen LogP contribution is -2.02. The Hall–Kier alpha value is -1.66. The molecule has 1 heterocycles. The predicted molar refractivity (Wildman–Crippen MR) is 72.5 cm³/mol. The van der Waals surface area contributed by atoms with Crippen LogP contribution in [0.3, 0.4) is 0 Å². The summed E-state index contributed by atoms with van der Waals surface area (Å²) in [6.07, 6.45) is 0. The van der Waals surface area contributed by atoms with E-state index in [0.29, 0.717) is 11.3 Å². The third kappa shape index (κ3) is 3.18. The number of carbonyl (C=O) groups is 1. The SMILES string of the molecule is O=C(CSc1cccs1)c1ccc([N+](=O)[O-])cc1. The average molecular weight is 279 g/mol. The summed E-state index contributed by atoms with van der Waals surface area (Å²) < 4.78 is 1.09. The maximum atomic E-state index is 11.8. The number of carbonyl (C=O) groups excluding carboxylic acids is 1. The zero-order chi connectivity index (χ0) is 13.0. The van der Waals surface area contributed by atoms with E-state index in [2.05, 4.69) is 0 Å².